The third kappa shape index (κ3) is 3.34. The van der Waals surface area contributed by atoms with E-state index in [0.29, 0.717) is 22.0 Å². The molecule has 1 aliphatic heterocycles. The van der Waals surface area contributed by atoms with E-state index in [2.05, 4.69) is 0 Å². The number of halogens is 4. The maximum absolute atomic E-state index is 12.6. The molecule has 0 radical (unpaired) electrons. The molecule has 1 N–H and O–H groups in total. The first-order valence-electron chi connectivity index (χ1n) is 7.10. The minimum absolute atomic E-state index is 0.103. The zero-order valence-corrected chi connectivity index (χ0v) is 13.1. The van der Waals surface area contributed by atoms with E-state index in [9.17, 15) is 18.3 Å². The molecule has 0 spiro atoms. The van der Waals surface area contributed by atoms with E-state index in [-0.39, 0.29) is 13.2 Å². The highest BCUT2D eigenvalue weighted by Crippen LogP contribution is 2.35. The maximum atomic E-state index is 12.6. The van der Waals surface area contributed by atoms with Crippen LogP contribution in [0.4, 0.5) is 18.9 Å². The number of anilines is 1. The molecule has 0 aromatic heterocycles. The lowest BCUT2D eigenvalue weighted by atomic mass is 10.1. The molecule has 3 nitrogen and oxygen atoms in total. The summed E-state index contributed by atoms with van der Waals surface area (Å²) in [6.45, 7) is 0.168. The Bertz CT molecular complexity index is 772. The maximum Gasteiger partial charge on any atom is 0.416 e. The highest BCUT2D eigenvalue weighted by Gasteiger charge is 2.31. The molecule has 1 heterocycles. The highest BCUT2D eigenvalue weighted by molar-refractivity contribution is 6.33. The van der Waals surface area contributed by atoms with E-state index >= 15 is 0 Å². The first-order valence-corrected chi connectivity index (χ1v) is 7.48. The Labute approximate surface area is 141 Å². The Morgan fingerprint density at radius 2 is 1.83 bits per heavy atom. The summed E-state index contributed by atoms with van der Waals surface area (Å²) in [7, 11) is 0. The van der Waals surface area contributed by atoms with Gasteiger partial charge in [-0.3, -0.25) is 0 Å². The van der Waals surface area contributed by atoms with Crippen LogP contribution in [-0.2, 0) is 17.6 Å². The number of hydrogen-bond donors (Lipinski definition) is 1. The van der Waals surface area contributed by atoms with Crippen molar-refractivity contribution in [3.63, 3.8) is 0 Å². The fourth-order valence-corrected chi connectivity index (χ4v) is 2.62. The summed E-state index contributed by atoms with van der Waals surface area (Å²) in [5, 5.41) is 11.1. The second-order valence-corrected chi connectivity index (χ2v) is 5.72. The Hall–Kier alpha value is -2.18. The van der Waals surface area contributed by atoms with Gasteiger partial charge in [-0.2, -0.15) is 13.2 Å². The molecule has 2 aromatic carbocycles. The lowest BCUT2D eigenvalue weighted by molar-refractivity contribution is -0.137. The Morgan fingerprint density at radius 3 is 2.46 bits per heavy atom. The largest absolute Gasteiger partial charge is 0.416 e. The van der Waals surface area contributed by atoms with Gasteiger partial charge in [-0.15, -0.1) is 0 Å². The average molecular weight is 356 g/mol. The molecule has 0 aliphatic carbocycles. The zero-order valence-electron chi connectivity index (χ0n) is 12.3. The van der Waals surface area contributed by atoms with Crippen molar-refractivity contribution in [3.8, 4) is 0 Å². The molecule has 0 saturated carbocycles. The van der Waals surface area contributed by atoms with Crippen LogP contribution in [0, 0.1) is 0 Å². The van der Waals surface area contributed by atoms with Gasteiger partial charge >= 0.3 is 6.18 Å². The van der Waals surface area contributed by atoms with Gasteiger partial charge in [0.25, 0.3) is 0 Å². The molecule has 0 fully saturated rings. The number of hydrogen-bond acceptors (Lipinski definition) is 3. The van der Waals surface area contributed by atoms with Crippen LogP contribution in [0.15, 0.2) is 53.6 Å². The fraction of sp³-hybridized carbons (Fsp3) is 0.176. The van der Waals surface area contributed by atoms with Crippen LogP contribution >= 0.6 is 11.6 Å². The van der Waals surface area contributed by atoms with E-state index in [1.165, 1.54) is 17.2 Å². The lowest BCUT2D eigenvalue weighted by Crippen LogP contribution is -2.18. The Kier molecular flexibility index (Phi) is 4.43. The normalized spacial score (nSPS) is 15.0. The van der Waals surface area contributed by atoms with Crippen molar-refractivity contribution >= 4 is 23.0 Å². The SMILES string of the molecule is OCc1cccc(N2CC(Cl)=C(c3ccc(C(F)(F)F)cc3)O2)c1. The summed E-state index contributed by atoms with van der Waals surface area (Å²) in [4.78, 5) is 5.69. The van der Waals surface area contributed by atoms with Crippen LogP contribution < -0.4 is 5.06 Å². The Morgan fingerprint density at radius 1 is 1.12 bits per heavy atom. The smallest absolute Gasteiger partial charge is 0.392 e. The van der Waals surface area contributed by atoms with Gasteiger partial charge in [0, 0.05) is 5.56 Å². The van der Waals surface area contributed by atoms with E-state index in [1.807, 2.05) is 0 Å². The second-order valence-electron chi connectivity index (χ2n) is 5.27. The second kappa shape index (κ2) is 6.37. The molecule has 0 atom stereocenters. The first kappa shape index (κ1) is 16.7. The van der Waals surface area contributed by atoms with E-state index in [1.54, 1.807) is 24.3 Å². The van der Waals surface area contributed by atoms with Crippen molar-refractivity contribution in [1.29, 1.82) is 0 Å². The molecule has 24 heavy (non-hydrogen) atoms. The number of benzene rings is 2. The number of hydroxylamine groups is 1. The summed E-state index contributed by atoms with van der Waals surface area (Å²) >= 11 is 6.20. The van der Waals surface area contributed by atoms with Crippen molar-refractivity contribution in [1.82, 2.24) is 0 Å². The highest BCUT2D eigenvalue weighted by atomic mass is 35.5. The van der Waals surface area contributed by atoms with Crippen molar-refractivity contribution in [3.05, 3.63) is 70.3 Å². The summed E-state index contributed by atoms with van der Waals surface area (Å²) < 4.78 is 37.9. The molecule has 3 rings (SSSR count). The molecule has 0 unspecified atom stereocenters. The Balaban J connectivity index is 1.81. The van der Waals surface area contributed by atoms with Gasteiger partial charge in [-0.05, 0) is 29.8 Å². The molecule has 126 valence electrons. The van der Waals surface area contributed by atoms with Crippen LogP contribution in [0.3, 0.4) is 0 Å². The number of alkyl halides is 3. The third-order valence-electron chi connectivity index (χ3n) is 3.59. The van der Waals surface area contributed by atoms with E-state index in [0.717, 1.165) is 17.7 Å². The van der Waals surface area contributed by atoms with Crippen molar-refractivity contribution in [2.75, 3.05) is 11.6 Å². The standard InChI is InChI=1S/C17H13ClF3NO2/c18-15-9-22(14-3-1-2-11(8-14)10-23)24-16(15)12-4-6-13(7-5-12)17(19,20)21/h1-8,23H,9-10H2. The van der Waals surface area contributed by atoms with Gasteiger partial charge < -0.3 is 9.94 Å². The number of aliphatic hydroxyl groups is 1. The van der Waals surface area contributed by atoms with Crippen LogP contribution in [0.1, 0.15) is 16.7 Å². The minimum atomic E-state index is -4.38. The van der Waals surface area contributed by atoms with Crippen LogP contribution in [0.25, 0.3) is 5.76 Å². The number of aliphatic hydroxyl groups excluding tert-OH is 1. The number of rotatable bonds is 3. The van der Waals surface area contributed by atoms with Gasteiger partial charge in [-0.25, -0.2) is 5.06 Å². The molecule has 1 aliphatic rings. The van der Waals surface area contributed by atoms with Crippen LogP contribution in [-0.4, -0.2) is 11.7 Å². The summed E-state index contributed by atoms with van der Waals surface area (Å²) in [5.74, 6) is 0.319. The molecular formula is C17H13ClF3NO2. The van der Waals surface area contributed by atoms with Gasteiger partial charge in [0.15, 0.2) is 5.76 Å². The van der Waals surface area contributed by atoms with Crippen molar-refractivity contribution < 1.29 is 23.1 Å². The average Bonchev–Trinajstić information content (AvgIpc) is 2.96. The van der Waals surface area contributed by atoms with Gasteiger partial charge in [0.2, 0.25) is 0 Å². The predicted octanol–water partition coefficient (Wildman–Crippen LogP) is 4.56. The van der Waals surface area contributed by atoms with Crippen LogP contribution in [0.2, 0.25) is 0 Å². The molecule has 2 aromatic rings. The molecule has 0 amide bonds. The third-order valence-corrected chi connectivity index (χ3v) is 3.88. The number of nitrogens with zero attached hydrogens (tertiary/aromatic N) is 1. The molecular weight excluding hydrogens is 343 g/mol. The topological polar surface area (TPSA) is 32.7 Å². The monoisotopic (exact) mass is 355 g/mol. The van der Waals surface area contributed by atoms with Crippen LogP contribution in [0.5, 0.6) is 0 Å². The quantitative estimate of drug-likeness (QED) is 0.876. The van der Waals surface area contributed by atoms with Gasteiger partial charge in [-0.1, -0.05) is 35.9 Å². The van der Waals surface area contributed by atoms with E-state index < -0.39 is 11.7 Å². The lowest BCUT2D eigenvalue weighted by Gasteiger charge is -2.19. The first-order chi connectivity index (χ1) is 11.4. The predicted molar refractivity (Wildman–Crippen MR) is 85.0 cm³/mol. The fourth-order valence-electron chi connectivity index (χ4n) is 2.36. The summed E-state index contributed by atoms with van der Waals surface area (Å²) in [6, 6.07) is 11.7. The molecule has 0 bridgehead atoms. The van der Waals surface area contributed by atoms with Crippen molar-refractivity contribution in [2.45, 2.75) is 12.8 Å². The van der Waals surface area contributed by atoms with E-state index in [4.69, 9.17) is 16.4 Å². The minimum Gasteiger partial charge on any atom is -0.392 e. The van der Waals surface area contributed by atoms with Gasteiger partial charge in [0.05, 0.1) is 29.4 Å². The molecule has 7 heteroatoms. The summed E-state index contributed by atoms with van der Waals surface area (Å²) in [5.41, 5.74) is 1.15. The van der Waals surface area contributed by atoms with Gasteiger partial charge in [0.1, 0.15) is 0 Å². The molecule has 0 saturated heterocycles. The zero-order chi connectivity index (χ0) is 17.3. The summed E-state index contributed by atoms with van der Waals surface area (Å²) in [6.07, 6.45) is -4.38. The van der Waals surface area contributed by atoms with Crippen molar-refractivity contribution in [2.24, 2.45) is 0 Å².